The first kappa shape index (κ1) is 35.1. The van der Waals surface area contributed by atoms with E-state index in [2.05, 4.69) is 0 Å². The molecule has 0 heterocycles. The van der Waals surface area contributed by atoms with Gasteiger partial charge in [0, 0.05) is 0 Å². The van der Waals surface area contributed by atoms with Crippen molar-refractivity contribution >= 4 is 68.5 Å². The van der Waals surface area contributed by atoms with Gasteiger partial charge in [0.15, 0.2) is 0 Å². The standard InChI is InChI=1S/Mg.2H2O.Sr.2H/h;2*1H2;;;/q+2;;;+2;2*-1/p-2. The normalized spacial score (nSPS) is 0. The Balaban J connectivity index is 0. The molecule has 0 bridgehead atoms. The van der Waals surface area contributed by atoms with Gasteiger partial charge in [-0.15, -0.1) is 0 Å². The van der Waals surface area contributed by atoms with Gasteiger partial charge in [0.05, 0.1) is 0 Å². The summed E-state index contributed by atoms with van der Waals surface area (Å²) in [5.41, 5.74) is 0. The molecule has 0 aromatic rings. The van der Waals surface area contributed by atoms with Crippen LogP contribution in [-0.2, 0) is 0 Å². The third-order valence-corrected chi connectivity index (χ3v) is 0. The van der Waals surface area contributed by atoms with E-state index >= 15 is 0 Å². The molecular formula is H4MgO2Sr. The first-order valence-corrected chi connectivity index (χ1v) is 0. The van der Waals surface area contributed by atoms with Crippen molar-refractivity contribution in [3.05, 3.63) is 0 Å². The van der Waals surface area contributed by atoms with Crippen molar-refractivity contribution in [2.45, 2.75) is 0 Å². The zero-order valence-electron chi connectivity index (χ0n) is 4.31. The van der Waals surface area contributed by atoms with Gasteiger partial charge in [-0.05, 0) is 0 Å². The molecule has 0 saturated carbocycles. The van der Waals surface area contributed by atoms with Gasteiger partial charge in [0.25, 0.3) is 0 Å². The summed E-state index contributed by atoms with van der Waals surface area (Å²) >= 11 is 0. The summed E-state index contributed by atoms with van der Waals surface area (Å²) in [4.78, 5) is 0. The number of rotatable bonds is 0. The Morgan fingerprint density at radius 1 is 1.00 bits per heavy atom. The van der Waals surface area contributed by atoms with Crippen molar-refractivity contribution in [3.8, 4) is 0 Å². The maximum atomic E-state index is 0. The van der Waals surface area contributed by atoms with E-state index in [1.807, 2.05) is 0 Å². The smallest absolute Gasteiger partial charge is 1.00 e. The maximum Gasteiger partial charge on any atom is 2.00 e. The Labute approximate surface area is 81.0 Å². The third kappa shape index (κ3) is 8.90. The molecule has 0 aromatic carbocycles. The van der Waals surface area contributed by atoms with Crippen LogP contribution >= 0.6 is 0 Å². The minimum atomic E-state index is 0. The monoisotopic (exact) mass is 148 g/mol. The molecule has 0 aliphatic heterocycles. The molecule has 2 N–H and O–H groups in total. The molecule has 0 amide bonds. The van der Waals surface area contributed by atoms with Crippen LogP contribution in [0, 0.1) is 0 Å². The Morgan fingerprint density at radius 2 is 1.00 bits per heavy atom. The molecule has 4 heavy (non-hydrogen) atoms. The van der Waals surface area contributed by atoms with Crippen molar-refractivity contribution < 1.29 is 13.8 Å². The molecule has 0 aliphatic rings. The van der Waals surface area contributed by atoms with Crippen molar-refractivity contribution in [2.24, 2.45) is 0 Å². The van der Waals surface area contributed by atoms with Crippen LogP contribution in [0.3, 0.4) is 0 Å². The number of hydrogen-bond donors (Lipinski definition) is 0. The largest absolute Gasteiger partial charge is 2.00 e. The molecule has 0 saturated heterocycles. The summed E-state index contributed by atoms with van der Waals surface area (Å²) in [5, 5.41) is 0. The molecule has 0 aromatic heterocycles. The van der Waals surface area contributed by atoms with Gasteiger partial charge in [0.2, 0.25) is 0 Å². The molecule has 0 atom stereocenters. The molecule has 20 valence electrons. The Morgan fingerprint density at radius 3 is 1.00 bits per heavy atom. The molecule has 2 nitrogen and oxygen atoms in total. The van der Waals surface area contributed by atoms with Gasteiger partial charge in [-0.3, -0.25) is 0 Å². The fourth-order valence-corrected chi connectivity index (χ4v) is 0. The zero-order valence-corrected chi connectivity index (χ0v) is 7.20. The van der Waals surface area contributed by atoms with Gasteiger partial charge in [-0.1, -0.05) is 0 Å². The van der Waals surface area contributed by atoms with E-state index in [0.29, 0.717) is 0 Å². The Kier molecular flexibility index (Phi) is 167. The molecule has 0 spiro atoms. The molecule has 4 heteroatoms. The van der Waals surface area contributed by atoms with E-state index in [9.17, 15) is 0 Å². The molecule has 0 aliphatic carbocycles. The maximum absolute atomic E-state index is 0. The fourth-order valence-electron chi connectivity index (χ4n) is 0. The van der Waals surface area contributed by atoms with Crippen LogP contribution in [0.25, 0.3) is 0 Å². The van der Waals surface area contributed by atoms with E-state index in [1.54, 1.807) is 0 Å². The van der Waals surface area contributed by atoms with Crippen LogP contribution in [0.2, 0.25) is 0 Å². The predicted molar refractivity (Wildman–Crippen MR) is 17.6 cm³/mol. The summed E-state index contributed by atoms with van der Waals surface area (Å²) in [6, 6.07) is 0. The topological polar surface area (TPSA) is 60.0 Å². The molecule has 0 rings (SSSR count). The van der Waals surface area contributed by atoms with Crippen LogP contribution < -0.4 is 0 Å². The summed E-state index contributed by atoms with van der Waals surface area (Å²) in [7, 11) is 0. The SMILES string of the molecule is [H-].[H-].[Mg+2].[OH-].[OH-].[Sr+2]. The summed E-state index contributed by atoms with van der Waals surface area (Å²) in [6.45, 7) is 0. The van der Waals surface area contributed by atoms with Crippen molar-refractivity contribution in [2.75, 3.05) is 0 Å². The van der Waals surface area contributed by atoms with Crippen LogP contribution in [0.5, 0.6) is 0 Å². The minimum Gasteiger partial charge on any atom is -1.00 e. The minimum absolute atomic E-state index is 0. The van der Waals surface area contributed by atoms with E-state index in [4.69, 9.17) is 0 Å². The van der Waals surface area contributed by atoms with Gasteiger partial charge in [-0.25, -0.2) is 0 Å². The average Bonchev–Trinajstić information content (AvgIpc) is 0. The summed E-state index contributed by atoms with van der Waals surface area (Å²) in [5.74, 6) is 0. The van der Waals surface area contributed by atoms with Crippen LogP contribution in [-0.4, -0.2) is 79.5 Å². The van der Waals surface area contributed by atoms with Crippen molar-refractivity contribution in [1.82, 2.24) is 0 Å². The first-order chi connectivity index (χ1) is 0. The Bertz CT molecular complexity index is 11.5. The van der Waals surface area contributed by atoms with E-state index < -0.39 is 0 Å². The fraction of sp³-hybridized carbons (Fsp3) is 0. The first-order valence-electron chi connectivity index (χ1n) is 0. The quantitative estimate of drug-likeness (QED) is 0.418. The number of hydrogen-bond acceptors (Lipinski definition) is 2. The van der Waals surface area contributed by atoms with Crippen LogP contribution in [0.15, 0.2) is 0 Å². The van der Waals surface area contributed by atoms with E-state index in [-0.39, 0.29) is 82.3 Å². The molecule has 0 radical (unpaired) electrons. The van der Waals surface area contributed by atoms with Crippen LogP contribution in [0.4, 0.5) is 0 Å². The van der Waals surface area contributed by atoms with Crippen molar-refractivity contribution in [1.29, 1.82) is 0 Å². The zero-order chi connectivity index (χ0) is 0. The molecule has 0 unspecified atom stereocenters. The Hall–Kier alpha value is 2.17. The van der Waals surface area contributed by atoms with Crippen molar-refractivity contribution in [3.63, 3.8) is 0 Å². The summed E-state index contributed by atoms with van der Waals surface area (Å²) in [6.07, 6.45) is 0. The van der Waals surface area contributed by atoms with Gasteiger partial charge < -0.3 is 13.8 Å². The predicted octanol–water partition coefficient (Wildman–Crippen LogP) is -0.890. The second-order valence-corrected chi connectivity index (χ2v) is 0. The molecule has 0 fully saturated rings. The van der Waals surface area contributed by atoms with Gasteiger partial charge >= 0.3 is 68.5 Å². The van der Waals surface area contributed by atoms with E-state index in [1.165, 1.54) is 0 Å². The molecular weight excluding hydrogens is 144 g/mol. The second-order valence-electron chi connectivity index (χ2n) is 0. The average molecular weight is 148 g/mol. The van der Waals surface area contributed by atoms with Gasteiger partial charge in [0.1, 0.15) is 0 Å². The summed E-state index contributed by atoms with van der Waals surface area (Å²) < 4.78 is 0. The second kappa shape index (κ2) is 19.1. The van der Waals surface area contributed by atoms with Gasteiger partial charge in [-0.2, -0.15) is 0 Å². The van der Waals surface area contributed by atoms with Crippen LogP contribution in [0.1, 0.15) is 2.85 Å². The van der Waals surface area contributed by atoms with E-state index in [0.717, 1.165) is 0 Å². The third-order valence-electron chi connectivity index (χ3n) is 0.